The molecule has 0 aliphatic rings. The molecule has 186 valence electrons. The third-order valence-electron chi connectivity index (χ3n) is 5.21. The summed E-state index contributed by atoms with van der Waals surface area (Å²) in [4.78, 5) is 49.4. The van der Waals surface area contributed by atoms with Gasteiger partial charge in [0.15, 0.2) is 6.61 Å². The summed E-state index contributed by atoms with van der Waals surface area (Å²) in [5.41, 5.74) is 1.66. The van der Waals surface area contributed by atoms with E-state index in [0.717, 1.165) is 5.56 Å². The highest BCUT2D eigenvalue weighted by molar-refractivity contribution is 6.04. The van der Waals surface area contributed by atoms with Gasteiger partial charge in [-0.25, -0.2) is 9.59 Å². The number of esters is 2. The van der Waals surface area contributed by atoms with Crippen LogP contribution in [0.2, 0.25) is 0 Å². The van der Waals surface area contributed by atoms with Gasteiger partial charge in [-0.3, -0.25) is 9.59 Å². The maximum atomic E-state index is 12.9. The van der Waals surface area contributed by atoms with Crippen molar-refractivity contribution in [3.63, 3.8) is 0 Å². The van der Waals surface area contributed by atoms with Crippen LogP contribution in [0.4, 0.5) is 5.69 Å². The molecule has 0 saturated carbocycles. The van der Waals surface area contributed by atoms with Crippen molar-refractivity contribution in [3.8, 4) is 5.75 Å². The Morgan fingerprint density at radius 1 is 0.806 bits per heavy atom. The lowest BCUT2D eigenvalue weighted by Gasteiger charge is -2.16. The zero-order valence-electron chi connectivity index (χ0n) is 20.1. The predicted molar refractivity (Wildman–Crippen MR) is 132 cm³/mol. The minimum atomic E-state index is -0.681. The summed E-state index contributed by atoms with van der Waals surface area (Å²) >= 11 is 0. The van der Waals surface area contributed by atoms with Gasteiger partial charge in [0.1, 0.15) is 5.75 Å². The molecule has 3 aromatic rings. The Balaban J connectivity index is 1.69. The lowest BCUT2D eigenvalue weighted by Crippen LogP contribution is -2.28. The summed E-state index contributed by atoms with van der Waals surface area (Å²) in [5, 5.41) is 5.58. The van der Waals surface area contributed by atoms with E-state index in [0.29, 0.717) is 5.69 Å². The maximum absolute atomic E-state index is 12.9. The van der Waals surface area contributed by atoms with E-state index in [9.17, 15) is 19.2 Å². The fourth-order valence-electron chi connectivity index (χ4n) is 3.38. The van der Waals surface area contributed by atoms with Gasteiger partial charge in [0.2, 0.25) is 0 Å². The first kappa shape index (κ1) is 26.0. The van der Waals surface area contributed by atoms with Gasteiger partial charge in [0.05, 0.1) is 42.6 Å². The van der Waals surface area contributed by atoms with Crippen molar-refractivity contribution in [1.29, 1.82) is 0 Å². The van der Waals surface area contributed by atoms with Crippen molar-refractivity contribution in [2.75, 3.05) is 26.1 Å². The van der Waals surface area contributed by atoms with Crippen molar-refractivity contribution >= 4 is 29.4 Å². The summed E-state index contributed by atoms with van der Waals surface area (Å²) in [7, 11) is 2.41. The van der Waals surface area contributed by atoms with Crippen molar-refractivity contribution < 1.29 is 33.4 Å². The van der Waals surface area contributed by atoms with Crippen LogP contribution in [0, 0.1) is 0 Å². The summed E-state index contributed by atoms with van der Waals surface area (Å²) in [6.45, 7) is 1.43. The SMILES string of the molecule is COC(=O)c1cc(OCC(=O)Nc2ccccc2C(=O)N[C@@H](C)c2ccccc2)cc(C(=O)OC)c1. The lowest BCUT2D eigenvalue weighted by atomic mass is 10.1. The molecule has 3 rings (SSSR count). The molecular formula is C27H26N2O7. The van der Waals surface area contributed by atoms with E-state index in [2.05, 4.69) is 10.6 Å². The highest BCUT2D eigenvalue weighted by Gasteiger charge is 2.18. The number of amides is 2. The Morgan fingerprint density at radius 2 is 1.39 bits per heavy atom. The molecule has 2 N–H and O–H groups in total. The average molecular weight is 491 g/mol. The zero-order chi connectivity index (χ0) is 26.1. The van der Waals surface area contributed by atoms with Gasteiger partial charge in [-0.1, -0.05) is 42.5 Å². The monoisotopic (exact) mass is 490 g/mol. The van der Waals surface area contributed by atoms with Crippen LogP contribution in [0.25, 0.3) is 0 Å². The molecular weight excluding hydrogens is 464 g/mol. The second kappa shape index (κ2) is 12.2. The number of methoxy groups -OCH3 is 2. The van der Waals surface area contributed by atoms with E-state index in [1.165, 1.54) is 32.4 Å². The molecule has 9 nitrogen and oxygen atoms in total. The minimum absolute atomic E-state index is 0.0605. The van der Waals surface area contributed by atoms with Gasteiger partial charge in [-0.2, -0.15) is 0 Å². The number of carbonyl (C=O) groups is 4. The Kier molecular flexibility index (Phi) is 8.77. The van der Waals surface area contributed by atoms with Crippen LogP contribution in [-0.2, 0) is 14.3 Å². The average Bonchev–Trinajstić information content (AvgIpc) is 2.91. The first-order chi connectivity index (χ1) is 17.3. The van der Waals surface area contributed by atoms with Crippen molar-refractivity contribution in [1.82, 2.24) is 5.32 Å². The Morgan fingerprint density at radius 3 is 2.00 bits per heavy atom. The Hall–Kier alpha value is -4.66. The lowest BCUT2D eigenvalue weighted by molar-refractivity contribution is -0.118. The number of hydrogen-bond donors (Lipinski definition) is 2. The topological polar surface area (TPSA) is 120 Å². The zero-order valence-corrected chi connectivity index (χ0v) is 20.1. The maximum Gasteiger partial charge on any atom is 0.338 e. The number of para-hydroxylation sites is 1. The van der Waals surface area contributed by atoms with Gasteiger partial charge < -0.3 is 24.8 Å². The summed E-state index contributed by atoms with van der Waals surface area (Å²) in [5.74, 6) is -2.17. The number of nitrogens with one attached hydrogen (secondary N) is 2. The third-order valence-corrected chi connectivity index (χ3v) is 5.21. The smallest absolute Gasteiger partial charge is 0.338 e. The molecule has 1 atom stereocenters. The van der Waals surface area contributed by atoms with Crippen LogP contribution in [0.15, 0.2) is 72.8 Å². The van der Waals surface area contributed by atoms with Crippen LogP contribution in [0.3, 0.4) is 0 Å². The molecule has 36 heavy (non-hydrogen) atoms. The van der Waals surface area contributed by atoms with Crippen LogP contribution >= 0.6 is 0 Å². The van der Waals surface area contributed by atoms with E-state index in [1.54, 1.807) is 24.3 Å². The number of benzene rings is 3. The third kappa shape index (κ3) is 6.69. The van der Waals surface area contributed by atoms with E-state index in [-0.39, 0.29) is 34.4 Å². The molecule has 2 amide bonds. The standard InChI is InChI=1S/C27H26N2O7/c1-17(18-9-5-4-6-10-18)28-25(31)22-11-7-8-12-23(22)29-24(30)16-36-21-14-19(26(32)34-2)13-20(15-21)27(33)35-3/h4-15,17H,16H2,1-3H3,(H,28,31)(H,29,30)/t17-/m0/s1. The molecule has 0 heterocycles. The molecule has 0 unspecified atom stereocenters. The molecule has 0 saturated heterocycles. The van der Waals surface area contributed by atoms with Gasteiger partial charge in [-0.05, 0) is 42.8 Å². The number of anilines is 1. The molecule has 0 spiro atoms. The van der Waals surface area contributed by atoms with Crippen molar-refractivity contribution in [2.24, 2.45) is 0 Å². The van der Waals surface area contributed by atoms with Crippen molar-refractivity contribution in [3.05, 3.63) is 95.1 Å². The van der Waals surface area contributed by atoms with E-state index in [4.69, 9.17) is 14.2 Å². The molecule has 9 heteroatoms. The number of rotatable bonds is 9. The molecule has 0 aromatic heterocycles. The van der Waals surface area contributed by atoms with E-state index < -0.39 is 24.5 Å². The quantitative estimate of drug-likeness (QED) is 0.438. The van der Waals surface area contributed by atoms with Crippen LogP contribution in [0.1, 0.15) is 49.6 Å². The Labute approximate surface area is 208 Å². The van der Waals surface area contributed by atoms with E-state index in [1.807, 2.05) is 37.3 Å². The van der Waals surface area contributed by atoms with Crippen LogP contribution in [-0.4, -0.2) is 44.6 Å². The fraction of sp³-hybridized carbons (Fsp3) is 0.185. The van der Waals surface area contributed by atoms with Gasteiger partial charge in [0, 0.05) is 0 Å². The number of ether oxygens (including phenoxy) is 3. The van der Waals surface area contributed by atoms with Crippen molar-refractivity contribution in [2.45, 2.75) is 13.0 Å². The Bertz CT molecular complexity index is 1220. The van der Waals surface area contributed by atoms with Gasteiger partial charge in [0.25, 0.3) is 11.8 Å². The highest BCUT2D eigenvalue weighted by atomic mass is 16.5. The summed E-state index contributed by atoms with van der Waals surface area (Å²) < 4.78 is 14.9. The molecule has 0 aliphatic heterocycles. The normalized spacial score (nSPS) is 11.1. The first-order valence-corrected chi connectivity index (χ1v) is 11.0. The van der Waals surface area contributed by atoms with Gasteiger partial charge in [-0.15, -0.1) is 0 Å². The second-order valence-electron chi connectivity index (χ2n) is 7.72. The predicted octanol–water partition coefficient (Wildman–Crippen LogP) is 3.77. The number of hydrogen-bond acceptors (Lipinski definition) is 7. The van der Waals surface area contributed by atoms with Crippen LogP contribution in [0.5, 0.6) is 5.75 Å². The number of carbonyl (C=O) groups excluding carboxylic acids is 4. The van der Waals surface area contributed by atoms with E-state index >= 15 is 0 Å². The summed E-state index contributed by atoms with van der Waals surface area (Å²) in [6, 6.07) is 19.8. The van der Waals surface area contributed by atoms with Gasteiger partial charge >= 0.3 is 11.9 Å². The fourth-order valence-corrected chi connectivity index (χ4v) is 3.38. The largest absolute Gasteiger partial charge is 0.484 e. The molecule has 0 fully saturated rings. The summed E-state index contributed by atoms with van der Waals surface area (Å²) in [6.07, 6.45) is 0. The molecule has 0 aliphatic carbocycles. The first-order valence-electron chi connectivity index (χ1n) is 11.0. The minimum Gasteiger partial charge on any atom is -0.484 e. The van der Waals surface area contributed by atoms with Crippen LogP contribution < -0.4 is 15.4 Å². The molecule has 0 radical (unpaired) electrons. The second-order valence-corrected chi connectivity index (χ2v) is 7.72. The highest BCUT2D eigenvalue weighted by Crippen LogP contribution is 2.21. The molecule has 0 bridgehead atoms. The molecule has 3 aromatic carbocycles.